The predicted octanol–water partition coefficient (Wildman–Crippen LogP) is 1.08. The summed E-state index contributed by atoms with van der Waals surface area (Å²) in [7, 11) is 3.32. The first kappa shape index (κ1) is 21.1. The fraction of sp³-hybridized carbons (Fsp3) is 1.00. The van der Waals surface area contributed by atoms with Gasteiger partial charge in [0.1, 0.15) is 0 Å². The van der Waals surface area contributed by atoms with Crippen LogP contribution in [0, 0.1) is 0 Å². The van der Waals surface area contributed by atoms with Crippen molar-refractivity contribution in [3.8, 4) is 0 Å². The van der Waals surface area contributed by atoms with Gasteiger partial charge in [-0.3, -0.25) is 0 Å². The van der Waals surface area contributed by atoms with Crippen molar-refractivity contribution in [2.24, 2.45) is 0 Å². The second kappa shape index (κ2) is 20.1. The zero-order chi connectivity index (χ0) is 15.4. The van der Waals surface area contributed by atoms with Crippen molar-refractivity contribution in [3.63, 3.8) is 0 Å². The molecule has 0 saturated carbocycles. The van der Waals surface area contributed by atoms with Gasteiger partial charge in [-0.05, 0) is 0 Å². The van der Waals surface area contributed by atoms with Crippen LogP contribution in [0.3, 0.4) is 0 Å². The maximum Gasteiger partial charge on any atom is 0.0701 e. The fourth-order valence-corrected chi connectivity index (χ4v) is 1.94. The molecule has 6 nitrogen and oxygen atoms in total. The Morgan fingerprint density at radius 3 is 1.19 bits per heavy atom. The number of thioether (sulfide) groups is 1. The molecule has 0 aromatic rings. The molecule has 0 atom stereocenters. The molecule has 0 N–H and O–H groups in total. The first-order valence-electron chi connectivity index (χ1n) is 7.28. The van der Waals surface area contributed by atoms with E-state index in [9.17, 15) is 0 Å². The molecule has 0 saturated heterocycles. The molecule has 0 unspecified atom stereocenters. The largest absolute Gasteiger partial charge is 0.382 e. The standard InChI is InChI=1S/C14H30O6S/c1-15-3-5-17-7-9-19-11-13-21-14-12-20-10-8-18-6-4-16-2/h3-14H2,1-2H3. The number of ether oxygens (including phenoxy) is 6. The maximum absolute atomic E-state index is 5.44. The second-order valence-corrected chi connectivity index (χ2v) is 5.27. The normalized spacial score (nSPS) is 11.1. The lowest BCUT2D eigenvalue weighted by atomic mass is 10.7. The van der Waals surface area contributed by atoms with Crippen LogP contribution in [0.5, 0.6) is 0 Å². The summed E-state index contributed by atoms with van der Waals surface area (Å²) in [5.41, 5.74) is 0. The highest BCUT2D eigenvalue weighted by atomic mass is 32.2. The predicted molar refractivity (Wildman–Crippen MR) is 84.4 cm³/mol. The third-order valence-electron chi connectivity index (χ3n) is 2.35. The summed E-state index contributed by atoms with van der Waals surface area (Å²) in [6, 6.07) is 0. The Labute approximate surface area is 132 Å². The minimum absolute atomic E-state index is 0.625. The minimum atomic E-state index is 0.625. The van der Waals surface area contributed by atoms with Gasteiger partial charge in [0.05, 0.1) is 66.1 Å². The molecule has 0 bridgehead atoms. The van der Waals surface area contributed by atoms with Crippen LogP contribution in [0.25, 0.3) is 0 Å². The Hall–Kier alpha value is 0.110. The Morgan fingerprint density at radius 2 is 0.810 bits per heavy atom. The van der Waals surface area contributed by atoms with Crippen molar-refractivity contribution in [1.29, 1.82) is 0 Å². The van der Waals surface area contributed by atoms with Crippen LogP contribution in [0.15, 0.2) is 0 Å². The number of hydrogen-bond acceptors (Lipinski definition) is 7. The van der Waals surface area contributed by atoms with Gasteiger partial charge in [-0.2, -0.15) is 11.8 Å². The Morgan fingerprint density at radius 1 is 0.476 bits per heavy atom. The van der Waals surface area contributed by atoms with Gasteiger partial charge in [0.2, 0.25) is 0 Å². The van der Waals surface area contributed by atoms with Crippen LogP contribution in [-0.2, 0) is 28.4 Å². The van der Waals surface area contributed by atoms with Crippen LogP contribution in [0.4, 0.5) is 0 Å². The van der Waals surface area contributed by atoms with Gasteiger partial charge in [-0.1, -0.05) is 0 Å². The highest BCUT2D eigenvalue weighted by Crippen LogP contribution is 1.99. The summed E-state index contributed by atoms with van der Waals surface area (Å²) in [5, 5.41) is 0. The van der Waals surface area contributed by atoms with Gasteiger partial charge < -0.3 is 28.4 Å². The van der Waals surface area contributed by atoms with Crippen LogP contribution in [0.1, 0.15) is 0 Å². The molecule has 0 aromatic carbocycles. The van der Waals surface area contributed by atoms with Gasteiger partial charge in [0.25, 0.3) is 0 Å². The first-order chi connectivity index (χ1) is 10.4. The van der Waals surface area contributed by atoms with E-state index in [1.807, 2.05) is 11.8 Å². The van der Waals surface area contributed by atoms with Gasteiger partial charge >= 0.3 is 0 Å². The number of rotatable bonds is 18. The minimum Gasteiger partial charge on any atom is -0.382 e. The van der Waals surface area contributed by atoms with E-state index in [0.717, 1.165) is 24.7 Å². The summed E-state index contributed by atoms with van der Waals surface area (Å²) >= 11 is 1.83. The highest BCUT2D eigenvalue weighted by Gasteiger charge is 1.93. The number of hydrogen-bond donors (Lipinski definition) is 0. The Balaban J connectivity index is 2.90. The van der Waals surface area contributed by atoms with Crippen molar-refractivity contribution >= 4 is 11.8 Å². The average molecular weight is 326 g/mol. The third kappa shape index (κ3) is 20.1. The summed E-state index contributed by atoms with van der Waals surface area (Å²) < 4.78 is 31.2. The molecule has 0 aliphatic rings. The lowest BCUT2D eigenvalue weighted by molar-refractivity contribution is 0.0279. The maximum atomic E-state index is 5.44. The number of methoxy groups -OCH3 is 2. The van der Waals surface area contributed by atoms with E-state index in [-0.39, 0.29) is 0 Å². The van der Waals surface area contributed by atoms with E-state index in [2.05, 4.69) is 0 Å². The molecular weight excluding hydrogens is 296 g/mol. The quantitative estimate of drug-likeness (QED) is 0.349. The lowest BCUT2D eigenvalue weighted by Crippen LogP contribution is -2.11. The van der Waals surface area contributed by atoms with Crippen molar-refractivity contribution in [3.05, 3.63) is 0 Å². The van der Waals surface area contributed by atoms with E-state index >= 15 is 0 Å². The molecule has 0 heterocycles. The van der Waals surface area contributed by atoms with Gasteiger partial charge in [-0.25, -0.2) is 0 Å². The van der Waals surface area contributed by atoms with E-state index in [4.69, 9.17) is 28.4 Å². The van der Waals surface area contributed by atoms with E-state index in [1.165, 1.54) is 0 Å². The molecule has 7 heteroatoms. The molecule has 0 fully saturated rings. The summed E-state index contributed by atoms with van der Waals surface area (Å²) in [4.78, 5) is 0. The third-order valence-corrected chi connectivity index (χ3v) is 3.26. The molecule has 0 aliphatic heterocycles. The van der Waals surface area contributed by atoms with Crippen LogP contribution in [0.2, 0.25) is 0 Å². The first-order valence-corrected chi connectivity index (χ1v) is 8.44. The molecule has 0 spiro atoms. The molecule has 0 rings (SSSR count). The van der Waals surface area contributed by atoms with Crippen molar-refractivity contribution < 1.29 is 28.4 Å². The van der Waals surface area contributed by atoms with Gasteiger partial charge in [0.15, 0.2) is 0 Å². The Bertz CT molecular complexity index is 167. The molecule has 0 radical (unpaired) electrons. The van der Waals surface area contributed by atoms with E-state index < -0.39 is 0 Å². The summed E-state index contributed by atoms with van der Waals surface area (Å²) in [5.74, 6) is 1.96. The van der Waals surface area contributed by atoms with E-state index in [1.54, 1.807) is 14.2 Å². The molecule has 0 aromatic heterocycles. The molecule has 21 heavy (non-hydrogen) atoms. The smallest absolute Gasteiger partial charge is 0.0701 e. The van der Waals surface area contributed by atoms with Crippen molar-refractivity contribution in [1.82, 2.24) is 0 Å². The van der Waals surface area contributed by atoms with Crippen molar-refractivity contribution in [2.45, 2.75) is 0 Å². The monoisotopic (exact) mass is 326 g/mol. The zero-order valence-corrected chi connectivity index (χ0v) is 14.2. The molecule has 0 amide bonds. The van der Waals surface area contributed by atoms with E-state index in [0.29, 0.717) is 52.9 Å². The summed E-state index contributed by atoms with van der Waals surface area (Å²) in [6.45, 7) is 6.54. The fourth-order valence-electron chi connectivity index (χ4n) is 1.27. The SMILES string of the molecule is COCCOCCOCCSCCOCCOCCOC. The molecule has 0 aliphatic carbocycles. The van der Waals surface area contributed by atoms with Gasteiger partial charge in [-0.15, -0.1) is 0 Å². The lowest BCUT2D eigenvalue weighted by Gasteiger charge is -2.06. The second-order valence-electron chi connectivity index (χ2n) is 4.05. The topological polar surface area (TPSA) is 55.4 Å². The van der Waals surface area contributed by atoms with Crippen LogP contribution >= 0.6 is 11.8 Å². The van der Waals surface area contributed by atoms with Crippen LogP contribution in [-0.4, -0.2) is 91.8 Å². The zero-order valence-electron chi connectivity index (χ0n) is 13.3. The van der Waals surface area contributed by atoms with Gasteiger partial charge in [0, 0.05) is 25.7 Å². The van der Waals surface area contributed by atoms with Crippen molar-refractivity contribution in [2.75, 3.05) is 91.8 Å². The summed E-state index contributed by atoms with van der Waals surface area (Å²) in [6.07, 6.45) is 0. The average Bonchev–Trinajstić information content (AvgIpc) is 2.50. The molecule has 128 valence electrons. The molecular formula is C14H30O6S. The van der Waals surface area contributed by atoms with Crippen LogP contribution < -0.4 is 0 Å². The Kier molecular flexibility index (Phi) is 20.2. The highest BCUT2D eigenvalue weighted by molar-refractivity contribution is 7.99.